The maximum atomic E-state index is 13.3. The molecule has 0 saturated heterocycles. The van der Waals surface area contributed by atoms with Crippen molar-refractivity contribution < 1.29 is 4.39 Å². The molecule has 1 heterocycles. The van der Waals surface area contributed by atoms with E-state index < -0.39 is 0 Å². The van der Waals surface area contributed by atoms with Gasteiger partial charge in [0.2, 0.25) is 0 Å². The maximum absolute atomic E-state index is 13.3. The number of anilines is 2. The second-order valence-corrected chi connectivity index (χ2v) is 3.76. The molecule has 0 aliphatic rings. The Morgan fingerprint density at radius 1 is 1.07 bits per heavy atom. The molecule has 0 amide bonds. The van der Waals surface area contributed by atoms with Crippen LogP contribution in [0.4, 0.5) is 15.9 Å². The Morgan fingerprint density at radius 2 is 1.87 bits per heavy atom. The molecule has 2 rings (SSSR count). The van der Waals surface area contributed by atoms with Crippen molar-refractivity contribution in [3.05, 3.63) is 52.9 Å². The van der Waals surface area contributed by atoms with Crippen molar-refractivity contribution in [1.29, 1.82) is 0 Å². The Hall–Kier alpha value is -1.42. The van der Waals surface area contributed by atoms with E-state index in [9.17, 15) is 4.39 Å². The predicted octanol–water partition coefficient (Wildman–Crippen LogP) is 3.73. The molecule has 1 aromatic carbocycles. The van der Waals surface area contributed by atoms with Gasteiger partial charge in [0.15, 0.2) is 0 Å². The third-order valence-corrected chi connectivity index (χ3v) is 2.29. The van der Waals surface area contributed by atoms with Crippen LogP contribution in [0.5, 0.6) is 0 Å². The molecule has 0 radical (unpaired) electrons. The number of halogens is 2. The van der Waals surface area contributed by atoms with E-state index in [1.54, 1.807) is 24.3 Å². The van der Waals surface area contributed by atoms with Gasteiger partial charge in [-0.15, -0.1) is 0 Å². The molecule has 0 fully saturated rings. The Labute approximate surface area is 95.3 Å². The van der Waals surface area contributed by atoms with E-state index in [0.29, 0.717) is 16.1 Å². The third-order valence-electron chi connectivity index (χ3n) is 1.85. The van der Waals surface area contributed by atoms with Gasteiger partial charge >= 0.3 is 0 Å². The first-order chi connectivity index (χ1) is 7.25. The van der Waals surface area contributed by atoms with Crippen molar-refractivity contribution in [3.8, 4) is 0 Å². The van der Waals surface area contributed by atoms with E-state index in [0.717, 1.165) is 0 Å². The van der Waals surface area contributed by atoms with Crippen molar-refractivity contribution in [2.45, 2.75) is 0 Å². The molecule has 0 atom stereocenters. The lowest BCUT2D eigenvalue weighted by atomic mass is 10.3. The fourth-order valence-corrected chi connectivity index (χ4v) is 1.52. The molecule has 1 N–H and O–H groups in total. The van der Waals surface area contributed by atoms with Gasteiger partial charge < -0.3 is 5.32 Å². The van der Waals surface area contributed by atoms with Crippen LogP contribution in [-0.2, 0) is 0 Å². The molecule has 0 aliphatic heterocycles. The maximum Gasteiger partial charge on any atom is 0.146 e. The van der Waals surface area contributed by atoms with Gasteiger partial charge in [-0.1, -0.05) is 18.2 Å². The van der Waals surface area contributed by atoms with Crippen LogP contribution >= 0.6 is 15.9 Å². The van der Waals surface area contributed by atoms with Crippen molar-refractivity contribution >= 4 is 27.4 Å². The number of hydrogen-bond donors (Lipinski definition) is 1. The van der Waals surface area contributed by atoms with Crippen molar-refractivity contribution in [2.24, 2.45) is 0 Å². The van der Waals surface area contributed by atoms with Gasteiger partial charge in [-0.2, -0.15) is 0 Å². The number of aromatic nitrogens is 1. The van der Waals surface area contributed by atoms with Gasteiger partial charge in [0, 0.05) is 0 Å². The molecule has 0 unspecified atom stereocenters. The van der Waals surface area contributed by atoms with Crippen LogP contribution in [0.2, 0.25) is 0 Å². The molecule has 0 aliphatic carbocycles. The summed E-state index contributed by atoms with van der Waals surface area (Å²) in [5.41, 5.74) is 0.420. The summed E-state index contributed by atoms with van der Waals surface area (Å²) in [7, 11) is 0. The van der Waals surface area contributed by atoms with Gasteiger partial charge in [0.1, 0.15) is 16.2 Å². The Bertz CT molecular complexity index is 474. The van der Waals surface area contributed by atoms with Gasteiger partial charge in [-0.05, 0) is 40.2 Å². The molecule has 2 aromatic rings. The van der Waals surface area contributed by atoms with E-state index in [4.69, 9.17) is 0 Å². The molecule has 76 valence electrons. The zero-order valence-corrected chi connectivity index (χ0v) is 9.33. The molecular weight excluding hydrogens is 259 g/mol. The van der Waals surface area contributed by atoms with E-state index >= 15 is 0 Å². The Morgan fingerprint density at radius 3 is 2.60 bits per heavy atom. The number of para-hydroxylation sites is 1. The predicted molar refractivity (Wildman–Crippen MR) is 61.6 cm³/mol. The topological polar surface area (TPSA) is 24.9 Å². The van der Waals surface area contributed by atoms with Crippen LogP contribution in [0, 0.1) is 5.82 Å². The second-order valence-electron chi connectivity index (χ2n) is 2.95. The summed E-state index contributed by atoms with van der Waals surface area (Å²) < 4.78 is 14.0. The number of pyridine rings is 1. The summed E-state index contributed by atoms with van der Waals surface area (Å²) in [6, 6.07) is 11.9. The van der Waals surface area contributed by atoms with Gasteiger partial charge in [-0.3, -0.25) is 0 Å². The van der Waals surface area contributed by atoms with E-state index in [1.807, 2.05) is 12.1 Å². The minimum atomic E-state index is -0.292. The summed E-state index contributed by atoms with van der Waals surface area (Å²) in [4.78, 5) is 4.15. The van der Waals surface area contributed by atoms with Crippen LogP contribution in [-0.4, -0.2) is 4.98 Å². The van der Waals surface area contributed by atoms with Gasteiger partial charge in [0.05, 0.1) is 5.69 Å². The minimum absolute atomic E-state index is 0.292. The van der Waals surface area contributed by atoms with Crippen LogP contribution in [0.25, 0.3) is 0 Å². The Kier molecular flexibility index (Phi) is 2.97. The summed E-state index contributed by atoms with van der Waals surface area (Å²) in [6.07, 6.45) is 0. The van der Waals surface area contributed by atoms with Gasteiger partial charge in [-0.25, -0.2) is 9.37 Å². The third kappa shape index (κ3) is 2.53. The van der Waals surface area contributed by atoms with Crippen molar-refractivity contribution in [3.63, 3.8) is 0 Å². The summed E-state index contributed by atoms with van der Waals surface area (Å²) in [5.74, 6) is 0.314. The van der Waals surface area contributed by atoms with E-state index in [1.165, 1.54) is 6.07 Å². The average molecular weight is 267 g/mol. The van der Waals surface area contributed by atoms with Crippen molar-refractivity contribution in [2.75, 3.05) is 5.32 Å². The lowest BCUT2D eigenvalue weighted by Gasteiger charge is -2.06. The minimum Gasteiger partial charge on any atom is -0.338 e. The highest BCUT2D eigenvalue weighted by Gasteiger charge is 2.01. The quantitative estimate of drug-likeness (QED) is 0.838. The molecular formula is C11H8BrFN2. The SMILES string of the molecule is Fc1ccccc1Nc1cccc(Br)n1. The van der Waals surface area contributed by atoms with Crippen LogP contribution in [0.15, 0.2) is 47.1 Å². The highest BCUT2D eigenvalue weighted by atomic mass is 79.9. The zero-order valence-electron chi connectivity index (χ0n) is 7.74. The fraction of sp³-hybridized carbons (Fsp3) is 0. The fourth-order valence-electron chi connectivity index (χ4n) is 1.18. The lowest BCUT2D eigenvalue weighted by Crippen LogP contribution is -1.95. The normalized spacial score (nSPS) is 10.0. The van der Waals surface area contributed by atoms with Crippen LogP contribution < -0.4 is 5.32 Å². The van der Waals surface area contributed by atoms with Crippen molar-refractivity contribution in [1.82, 2.24) is 4.98 Å². The standard InChI is InChI=1S/C11H8BrFN2/c12-10-6-3-7-11(15-10)14-9-5-2-1-4-8(9)13/h1-7H,(H,14,15). The summed E-state index contributed by atoms with van der Waals surface area (Å²) in [6.45, 7) is 0. The summed E-state index contributed by atoms with van der Waals surface area (Å²) >= 11 is 3.25. The van der Waals surface area contributed by atoms with E-state index in [2.05, 4.69) is 26.2 Å². The zero-order chi connectivity index (χ0) is 10.7. The molecule has 1 aromatic heterocycles. The number of nitrogens with one attached hydrogen (secondary N) is 1. The smallest absolute Gasteiger partial charge is 0.146 e. The highest BCUT2D eigenvalue weighted by Crippen LogP contribution is 2.19. The first-order valence-corrected chi connectivity index (χ1v) is 5.19. The largest absolute Gasteiger partial charge is 0.338 e. The number of rotatable bonds is 2. The number of nitrogens with zero attached hydrogens (tertiary/aromatic N) is 1. The van der Waals surface area contributed by atoms with Gasteiger partial charge in [0.25, 0.3) is 0 Å². The monoisotopic (exact) mass is 266 g/mol. The first kappa shape index (κ1) is 10.1. The summed E-state index contributed by atoms with van der Waals surface area (Å²) in [5, 5.41) is 2.90. The molecule has 0 spiro atoms. The van der Waals surface area contributed by atoms with Crippen LogP contribution in [0.1, 0.15) is 0 Å². The number of hydrogen-bond acceptors (Lipinski definition) is 2. The molecule has 4 heteroatoms. The van der Waals surface area contributed by atoms with Crippen LogP contribution in [0.3, 0.4) is 0 Å². The lowest BCUT2D eigenvalue weighted by molar-refractivity contribution is 0.632. The Balaban J connectivity index is 2.26. The average Bonchev–Trinajstić information content (AvgIpc) is 2.22. The molecule has 2 nitrogen and oxygen atoms in total. The van der Waals surface area contributed by atoms with E-state index in [-0.39, 0.29) is 5.82 Å². The first-order valence-electron chi connectivity index (χ1n) is 4.40. The number of benzene rings is 1. The molecule has 15 heavy (non-hydrogen) atoms. The molecule has 0 bridgehead atoms. The second kappa shape index (κ2) is 4.40. The highest BCUT2D eigenvalue weighted by molar-refractivity contribution is 9.10. The molecule has 0 saturated carbocycles.